The highest BCUT2D eigenvalue weighted by Crippen LogP contribution is 2.32. The summed E-state index contributed by atoms with van der Waals surface area (Å²) in [6, 6.07) is 7.33. The molecule has 3 rings (SSSR count). The standard InChI is InChI=1S/C16H20N2O2/c1-12-6-8-16(20,9-7-12)10-18-11-17-14-5-3-2-4-13(14)15(18)19/h2-5,11-12,20H,6-10H2,1H3. The highest BCUT2D eigenvalue weighted by Gasteiger charge is 2.32. The third kappa shape index (κ3) is 2.48. The second kappa shape index (κ2) is 5.02. The van der Waals surface area contributed by atoms with E-state index in [1.165, 1.54) is 0 Å². The van der Waals surface area contributed by atoms with Crippen molar-refractivity contribution in [3.05, 3.63) is 40.9 Å². The molecule has 1 aliphatic rings. The molecule has 4 nitrogen and oxygen atoms in total. The fourth-order valence-corrected chi connectivity index (χ4v) is 2.99. The zero-order chi connectivity index (χ0) is 14.2. The van der Waals surface area contributed by atoms with E-state index in [1.807, 2.05) is 18.2 Å². The molecule has 2 aromatic rings. The molecule has 0 saturated heterocycles. The van der Waals surface area contributed by atoms with Crippen LogP contribution in [-0.2, 0) is 6.54 Å². The predicted octanol–water partition coefficient (Wildman–Crippen LogP) is 2.34. The molecule has 0 radical (unpaired) electrons. The van der Waals surface area contributed by atoms with Gasteiger partial charge in [-0.3, -0.25) is 9.36 Å². The van der Waals surface area contributed by atoms with E-state index in [4.69, 9.17) is 0 Å². The summed E-state index contributed by atoms with van der Waals surface area (Å²) < 4.78 is 1.55. The van der Waals surface area contributed by atoms with Crippen LogP contribution in [0.4, 0.5) is 0 Å². The highest BCUT2D eigenvalue weighted by atomic mass is 16.3. The van der Waals surface area contributed by atoms with Gasteiger partial charge in [0.1, 0.15) is 0 Å². The van der Waals surface area contributed by atoms with Gasteiger partial charge in [-0.15, -0.1) is 0 Å². The molecular formula is C16H20N2O2. The second-order valence-electron chi connectivity index (χ2n) is 6.10. The Balaban J connectivity index is 1.91. The molecule has 0 atom stereocenters. The number of rotatable bonds is 2. The van der Waals surface area contributed by atoms with Gasteiger partial charge in [-0.05, 0) is 43.7 Å². The molecule has 1 heterocycles. The van der Waals surface area contributed by atoms with Crippen LogP contribution in [0.2, 0.25) is 0 Å². The number of hydrogen-bond donors (Lipinski definition) is 1. The summed E-state index contributed by atoms with van der Waals surface area (Å²) in [5, 5.41) is 11.3. The molecule has 20 heavy (non-hydrogen) atoms. The summed E-state index contributed by atoms with van der Waals surface area (Å²) in [6.07, 6.45) is 5.11. The minimum Gasteiger partial charge on any atom is -0.388 e. The number of benzene rings is 1. The first-order chi connectivity index (χ1) is 9.57. The van der Waals surface area contributed by atoms with E-state index in [9.17, 15) is 9.90 Å². The molecule has 0 spiro atoms. The maximum Gasteiger partial charge on any atom is 0.261 e. The lowest BCUT2D eigenvalue weighted by Crippen LogP contribution is -2.41. The van der Waals surface area contributed by atoms with Crippen molar-refractivity contribution in [2.45, 2.75) is 44.8 Å². The Labute approximate surface area is 118 Å². The van der Waals surface area contributed by atoms with Crippen molar-refractivity contribution in [3.8, 4) is 0 Å². The van der Waals surface area contributed by atoms with Gasteiger partial charge in [0.2, 0.25) is 0 Å². The first-order valence-electron chi connectivity index (χ1n) is 7.24. The summed E-state index contributed by atoms with van der Waals surface area (Å²) in [7, 11) is 0. The second-order valence-corrected chi connectivity index (χ2v) is 6.10. The summed E-state index contributed by atoms with van der Waals surface area (Å²) in [5.41, 5.74) is -0.124. The van der Waals surface area contributed by atoms with Crippen molar-refractivity contribution < 1.29 is 5.11 Å². The van der Waals surface area contributed by atoms with Gasteiger partial charge in [0.05, 0.1) is 29.4 Å². The molecule has 0 unspecified atom stereocenters. The van der Waals surface area contributed by atoms with Gasteiger partial charge in [-0.25, -0.2) is 4.98 Å². The molecule has 4 heteroatoms. The van der Waals surface area contributed by atoms with E-state index in [2.05, 4.69) is 11.9 Å². The van der Waals surface area contributed by atoms with Crippen molar-refractivity contribution in [1.29, 1.82) is 0 Å². The SMILES string of the molecule is CC1CCC(O)(Cn2cnc3ccccc3c2=O)CC1. The van der Waals surface area contributed by atoms with E-state index < -0.39 is 5.60 Å². The Morgan fingerprint density at radius 2 is 2.05 bits per heavy atom. The lowest BCUT2D eigenvalue weighted by Gasteiger charge is -2.35. The quantitative estimate of drug-likeness (QED) is 0.913. The van der Waals surface area contributed by atoms with Gasteiger partial charge in [-0.1, -0.05) is 19.1 Å². The largest absolute Gasteiger partial charge is 0.388 e. The smallest absolute Gasteiger partial charge is 0.261 e. The molecule has 1 fully saturated rings. The molecule has 1 saturated carbocycles. The third-order valence-corrected chi connectivity index (χ3v) is 4.40. The van der Waals surface area contributed by atoms with Gasteiger partial charge >= 0.3 is 0 Å². The van der Waals surface area contributed by atoms with Crippen molar-refractivity contribution >= 4 is 10.9 Å². The number of fused-ring (bicyclic) bond motifs is 1. The fourth-order valence-electron chi connectivity index (χ4n) is 2.99. The van der Waals surface area contributed by atoms with Crippen LogP contribution in [-0.4, -0.2) is 20.3 Å². The maximum atomic E-state index is 12.4. The number of aliphatic hydroxyl groups is 1. The summed E-state index contributed by atoms with van der Waals surface area (Å²) in [4.78, 5) is 16.7. The molecule has 1 N–H and O–H groups in total. The minimum atomic E-state index is -0.763. The molecule has 0 aliphatic heterocycles. The fraction of sp³-hybridized carbons (Fsp3) is 0.500. The molecule has 1 aromatic carbocycles. The van der Waals surface area contributed by atoms with Crippen molar-refractivity contribution in [2.75, 3.05) is 0 Å². The summed E-state index contributed by atoms with van der Waals surface area (Å²) >= 11 is 0. The van der Waals surface area contributed by atoms with Gasteiger partial charge < -0.3 is 5.11 Å². The van der Waals surface area contributed by atoms with E-state index in [0.29, 0.717) is 23.4 Å². The molecular weight excluding hydrogens is 252 g/mol. The van der Waals surface area contributed by atoms with Crippen LogP contribution < -0.4 is 5.56 Å². The Morgan fingerprint density at radius 1 is 1.35 bits per heavy atom. The van der Waals surface area contributed by atoms with E-state index in [1.54, 1.807) is 17.0 Å². The normalized spacial score (nSPS) is 26.8. The Morgan fingerprint density at radius 3 is 2.80 bits per heavy atom. The average Bonchev–Trinajstić information content (AvgIpc) is 2.46. The van der Waals surface area contributed by atoms with Crippen molar-refractivity contribution in [2.24, 2.45) is 5.92 Å². The zero-order valence-electron chi connectivity index (χ0n) is 11.7. The lowest BCUT2D eigenvalue weighted by molar-refractivity contribution is -0.0225. The molecule has 1 aliphatic carbocycles. The highest BCUT2D eigenvalue weighted by molar-refractivity contribution is 5.76. The van der Waals surface area contributed by atoms with Gasteiger partial charge in [0, 0.05) is 0 Å². The predicted molar refractivity (Wildman–Crippen MR) is 78.6 cm³/mol. The van der Waals surface area contributed by atoms with Crippen LogP contribution in [0.25, 0.3) is 10.9 Å². The van der Waals surface area contributed by atoms with Crippen LogP contribution in [0.15, 0.2) is 35.4 Å². The Bertz CT molecular complexity index is 669. The van der Waals surface area contributed by atoms with E-state index in [0.717, 1.165) is 25.7 Å². The first kappa shape index (κ1) is 13.3. The molecule has 106 valence electrons. The van der Waals surface area contributed by atoms with Crippen LogP contribution in [0.1, 0.15) is 32.6 Å². The van der Waals surface area contributed by atoms with Crippen molar-refractivity contribution in [3.63, 3.8) is 0 Å². The van der Waals surface area contributed by atoms with Gasteiger partial charge in [0.15, 0.2) is 0 Å². The first-order valence-corrected chi connectivity index (χ1v) is 7.24. The topological polar surface area (TPSA) is 55.1 Å². The van der Waals surface area contributed by atoms with Gasteiger partial charge in [0.25, 0.3) is 5.56 Å². The van der Waals surface area contributed by atoms with Crippen molar-refractivity contribution in [1.82, 2.24) is 9.55 Å². The summed E-state index contributed by atoms with van der Waals surface area (Å²) in [6.45, 7) is 2.56. The number of para-hydroxylation sites is 1. The monoisotopic (exact) mass is 272 g/mol. The van der Waals surface area contributed by atoms with Crippen LogP contribution in [0.3, 0.4) is 0 Å². The Hall–Kier alpha value is -1.68. The zero-order valence-corrected chi connectivity index (χ0v) is 11.7. The van der Waals surface area contributed by atoms with Crippen LogP contribution >= 0.6 is 0 Å². The summed E-state index contributed by atoms with van der Waals surface area (Å²) in [5.74, 6) is 0.668. The number of nitrogens with zero attached hydrogens (tertiary/aromatic N) is 2. The molecule has 0 bridgehead atoms. The minimum absolute atomic E-state index is 0.0670. The molecule has 0 amide bonds. The maximum absolute atomic E-state index is 12.4. The van der Waals surface area contributed by atoms with E-state index in [-0.39, 0.29) is 5.56 Å². The van der Waals surface area contributed by atoms with Crippen LogP contribution in [0, 0.1) is 5.92 Å². The molecule has 1 aromatic heterocycles. The number of aromatic nitrogens is 2. The Kier molecular flexibility index (Phi) is 3.34. The van der Waals surface area contributed by atoms with Crippen LogP contribution in [0.5, 0.6) is 0 Å². The lowest BCUT2D eigenvalue weighted by atomic mass is 9.79. The third-order valence-electron chi connectivity index (χ3n) is 4.40. The van der Waals surface area contributed by atoms with Gasteiger partial charge in [-0.2, -0.15) is 0 Å². The van der Waals surface area contributed by atoms with E-state index >= 15 is 0 Å². The average molecular weight is 272 g/mol. The number of hydrogen-bond acceptors (Lipinski definition) is 3.